The molecule has 1 N–H and O–H groups in total. The lowest BCUT2D eigenvalue weighted by Gasteiger charge is -2.41. The van der Waals surface area contributed by atoms with E-state index in [0.717, 1.165) is 30.4 Å². The zero-order chi connectivity index (χ0) is 17.1. The minimum atomic E-state index is 0.288. The summed E-state index contributed by atoms with van der Waals surface area (Å²) in [7, 11) is 2.17. The van der Waals surface area contributed by atoms with Gasteiger partial charge < -0.3 is 15.1 Å². The first-order valence-electron chi connectivity index (χ1n) is 8.43. The molecule has 0 unspecified atom stereocenters. The Balaban J connectivity index is 1.79. The maximum absolute atomic E-state index is 5.74. The first kappa shape index (κ1) is 16.9. The summed E-state index contributed by atoms with van der Waals surface area (Å²) in [4.78, 5) is 4.69. The largest absolute Gasteiger partial charge is 0.339 e. The summed E-state index contributed by atoms with van der Waals surface area (Å²) in [5.41, 5.74) is 4.95. The Morgan fingerprint density at radius 3 is 2.50 bits per heavy atom. The van der Waals surface area contributed by atoms with Crippen molar-refractivity contribution in [2.45, 2.75) is 19.9 Å². The fraction of sp³-hybridized carbons (Fsp3) is 0.350. The highest BCUT2D eigenvalue weighted by Gasteiger charge is 2.28. The summed E-state index contributed by atoms with van der Waals surface area (Å²) in [6.07, 6.45) is 0. The maximum atomic E-state index is 5.74. The Morgan fingerprint density at radius 2 is 1.79 bits per heavy atom. The van der Waals surface area contributed by atoms with Crippen LogP contribution in [0.2, 0.25) is 0 Å². The molecule has 1 fully saturated rings. The molecule has 0 saturated carbocycles. The van der Waals surface area contributed by atoms with E-state index in [-0.39, 0.29) is 6.04 Å². The molecule has 4 heteroatoms. The van der Waals surface area contributed by atoms with Gasteiger partial charge in [-0.1, -0.05) is 36.4 Å². The van der Waals surface area contributed by atoms with Crippen LogP contribution in [0.25, 0.3) is 0 Å². The normalized spacial score (nSPS) is 18.5. The Kier molecular flexibility index (Phi) is 5.17. The molecule has 1 atom stereocenters. The molecule has 1 aliphatic rings. The highest BCUT2D eigenvalue weighted by molar-refractivity contribution is 7.80. The molecule has 0 amide bonds. The first-order valence-corrected chi connectivity index (χ1v) is 8.84. The van der Waals surface area contributed by atoms with Crippen molar-refractivity contribution in [1.29, 1.82) is 0 Å². The topological polar surface area (TPSA) is 18.5 Å². The first-order chi connectivity index (χ1) is 11.5. The fourth-order valence-corrected chi connectivity index (χ4v) is 3.47. The third-order valence-electron chi connectivity index (χ3n) is 4.79. The van der Waals surface area contributed by atoms with Gasteiger partial charge in [-0.2, -0.15) is 0 Å². The average Bonchev–Trinajstić information content (AvgIpc) is 2.59. The van der Waals surface area contributed by atoms with Crippen molar-refractivity contribution in [2.75, 3.05) is 32.0 Å². The summed E-state index contributed by atoms with van der Waals surface area (Å²) >= 11 is 5.74. The molecule has 3 nitrogen and oxygen atoms in total. The Morgan fingerprint density at radius 1 is 1.04 bits per heavy atom. The molecule has 0 bridgehead atoms. The number of anilines is 1. The van der Waals surface area contributed by atoms with Crippen molar-refractivity contribution >= 4 is 23.0 Å². The summed E-state index contributed by atoms with van der Waals surface area (Å²) in [6.45, 7) is 7.21. The second-order valence-corrected chi connectivity index (χ2v) is 7.00. The number of thiocarbonyl (C=S) groups is 1. The minimum Gasteiger partial charge on any atom is -0.339 e. The zero-order valence-electron chi connectivity index (χ0n) is 14.6. The molecule has 126 valence electrons. The quantitative estimate of drug-likeness (QED) is 0.834. The average molecular weight is 340 g/mol. The van der Waals surface area contributed by atoms with E-state index in [9.17, 15) is 0 Å². The van der Waals surface area contributed by atoms with Crippen molar-refractivity contribution in [3.8, 4) is 0 Å². The highest BCUT2D eigenvalue weighted by Crippen LogP contribution is 2.26. The smallest absolute Gasteiger partial charge is 0.174 e. The monoisotopic (exact) mass is 339 g/mol. The third kappa shape index (κ3) is 3.77. The highest BCUT2D eigenvalue weighted by atomic mass is 32.1. The van der Waals surface area contributed by atoms with Crippen LogP contribution in [-0.2, 0) is 0 Å². The number of rotatable bonds is 2. The van der Waals surface area contributed by atoms with Crippen molar-refractivity contribution in [3.63, 3.8) is 0 Å². The molecule has 0 radical (unpaired) electrons. The van der Waals surface area contributed by atoms with Gasteiger partial charge in [0.15, 0.2) is 5.11 Å². The molecule has 1 saturated heterocycles. The molecule has 3 rings (SSSR count). The number of hydrogen-bond acceptors (Lipinski definition) is 2. The lowest BCUT2D eigenvalue weighted by atomic mass is 10.0. The minimum absolute atomic E-state index is 0.288. The van der Waals surface area contributed by atoms with Gasteiger partial charge in [0.1, 0.15) is 0 Å². The van der Waals surface area contributed by atoms with E-state index in [1.165, 1.54) is 16.7 Å². The lowest BCUT2D eigenvalue weighted by molar-refractivity contribution is 0.153. The predicted molar refractivity (Wildman–Crippen MR) is 106 cm³/mol. The molecule has 24 heavy (non-hydrogen) atoms. The van der Waals surface area contributed by atoms with E-state index < -0.39 is 0 Å². The standard InChI is InChI=1S/C20H25N3S/c1-15-9-10-18(13-16(15)2)21-20(24)23-12-11-22(3)14-19(23)17-7-5-4-6-8-17/h4-10,13,19H,11-12,14H2,1-3H3,(H,21,24)/t19-/m0/s1. The van der Waals surface area contributed by atoms with Crippen LogP contribution in [0.15, 0.2) is 48.5 Å². The Hall–Kier alpha value is -1.91. The van der Waals surface area contributed by atoms with Crippen LogP contribution in [0.3, 0.4) is 0 Å². The van der Waals surface area contributed by atoms with E-state index in [1.807, 2.05) is 0 Å². The molecule has 0 aliphatic carbocycles. The number of nitrogens with one attached hydrogen (secondary N) is 1. The molecule has 2 aromatic rings. The van der Waals surface area contributed by atoms with Gasteiger partial charge >= 0.3 is 0 Å². The lowest BCUT2D eigenvalue weighted by Crippen LogP contribution is -2.50. The number of benzene rings is 2. The van der Waals surface area contributed by atoms with Gasteiger partial charge in [-0.05, 0) is 61.9 Å². The van der Waals surface area contributed by atoms with Crippen LogP contribution in [-0.4, -0.2) is 41.6 Å². The van der Waals surface area contributed by atoms with Crippen molar-refractivity contribution < 1.29 is 0 Å². The van der Waals surface area contributed by atoms with Crippen LogP contribution in [0.1, 0.15) is 22.7 Å². The van der Waals surface area contributed by atoms with E-state index in [4.69, 9.17) is 12.2 Å². The zero-order valence-corrected chi connectivity index (χ0v) is 15.4. The summed E-state index contributed by atoms with van der Waals surface area (Å²) < 4.78 is 0. The van der Waals surface area contributed by atoms with Crippen LogP contribution in [0.4, 0.5) is 5.69 Å². The van der Waals surface area contributed by atoms with Crippen LogP contribution < -0.4 is 5.32 Å². The maximum Gasteiger partial charge on any atom is 0.174 e. The second-order valence-electron chi connectivity index (χ2n) is 6.61. The van der Waals surface area contributed by atoms with Crippen molar-refractivity contribution in [2.24, 2.45) is 0 Å². The predicted octanol–water partition coefficient (Wildman–Crippen LogP) is 3.99. The third-order valence-corrected chi connectivity index (χ3v) is 5.12. The SMILES string of the molecule is Cc1ccc(NC(=S)N2CCN(C)C[C@H]2c2ccccc2)cc1C. The summed E-state index contributed by atoms with van der Waals surface area (Å²) in [5.74, 6) is 0. The molecule has 0 aromatic heterocycles. The molecule has 1 heterocycles. The second kappa shape index (κ2) is 7.32. The number of likely N-dealkylation sites (N-methyl/N-ethyl adjacent to an activating group) is 1. The molecule has 0 spiro atoms. The van der Waals surface area contributed by atoms with Gasteiger partial charge in [0, 0.05) is 25.3 Å². The number of aryl methyl sites for hydroxylation is 2. The van der Waals surface area contributed by atoms with Crippen LogP contribution in [0, 0.1) is 13.8 Å². The molecular weight excluding hydrogens is 314 g/mol. The van der Waals surface area contributed by atoms with Crippen molar-refractivity contribution in [3.05, 3.63) is 65.2 Å². The number of hydrogen-bond donors (Lipinski definition) is 1. The summed E-state index contributed by atoms with van der Waals surface area (Å²) in [5, 5.41) is 4.24. The summed E-state index contributed by atoms with van der Waals surface area (Å²) in [6, 6.07) is 17.3. The molecule has 1 aliphatic heterocycles. The van der Waals surface area contributed by atoms with Gasteiger partial charge in [-0.25, -0.2) is 0 Å². The Labute approximate surface area is 150 Å². The van der Waals surface area contributed by atoms with Crippen LogP contribution >= 0.6 is 12.2 Å². The number of nitrogens with zero attached hydrogens (tertiary/aromatic N) is 2. The van der Waals surface area contributed by atoms with Gasteiger partial charge in [0.05, 0.1) is 6.04 Å². The molecular formula is C20H25N3S. The van der Waals surface area contributed by atoms with Gasteiger partial charge in [-0.3, -0.25) is 0 Å². The van der Waals surface area contributed by atoms with E-state index in [0.29, 0.717) is 0 Å². The Bertz CT molecular complexity index is 714. The van der Waals surface area contributed by atoms with Gasteiger partial charge in [0.25, 0.3) is 0 Å². The molecule has 2 aromatic carbocycles. The van der Waals surface area contributed by atoms with E-state index in [2.05, 4.69) is 84.5 Å². The van der Waals surface area contributed by atoms with Crippen molar-refractivity contribution in [1.82, 2.24) is 9.80 Å². The van der Waals surface area contributed by atoms with Gasteiger partial charge in [0.2, 0.25) is 0 Å². The number of piperazine rings is 1. The van der Waals surface area contributed by atoms with Crippen LogP contribution in [0.5, 0.6) is 0 Å². The van der Waals surface area contributed by atoms with Gasteiger partial charge in [-0.15, -0.1) is 0 Å². The van der Waals surface area contributed by atoms with E-state index in [1.54, 1.807) is 0 Å². The fourth-order valence-electron chi connectivity index (χ4n) is 3.14. The van der Waals surface area contributed by atoms with E-state index >= 15 is 0 Å².